The van der Waals surface area contributed by atoms with Gasteiger partial charge in [-0.05, 0) is 49.4 Å². The first-order valence-corrected chi connectivity index (χ1v) is 8.82. The first-order valence-electron chi connectivity index (χ1n) is 6.58. The van der Waals surface area contributed by atoms with Crippen LogP contribution < -0.4 is 4.72 Å². The van der Waals surface area contributed by atoms with Gasteiger partial charge in [-0.3, -0.25) is 4.72 Å². The maximum absolute atomic E-state index is 12.3. The van der Waals surface area contributed by atoms with Crippen LogP contribution in [0.2, 0.25) is 10.0 Å². The summed E-state index contributed by atoms with van der Waals surface area (Å²) in [4.78, 5) is 11.8. The number of hydrogen-bond donors (Lipinski definition) is 1. The minimum absolute atomic E-state index is 0.0505. The molecule has 2 aromatic rings. The minimum Gasteiger partial charge on any atom is -0.462 e. The van der Waals surface area contributed by atoms with Crippen molar-refractivity contribution < 1.29 is 17.9 Å². The van der Waals surface area contributed by atoms with Gasteiger partial charge >= 0.3 is 5.97 Å². The van der Waals surface area contributed by atoms with Crippen molar-refractivity contribution in [2.24, 2.45) is 0 Å². The van der Waals surface area contributed by atoms with Gasteiger partial charge in [0.2, 0.25) is 0 Å². The van der Waals surface area contributed by atoms with E-state index in [0.29, 0.717) is 5.02 Å². The summed E-state index contributed by atoms with van der Waals surface area (Å²) in [5.74, 6) is -0.620. The molecule has 0 spiro atoms. The van der Waals surface area contributed by atoms with Crippen molar-refractivity contribution in [1.82, 2.24) is 0 Å². The topological polar surface area (TPSA) is 72.5 Å². The summed E-state index contributed by atoms with van der Waals surface area (Å²) in [6.45, 7) is 1.86. The minimum atomic E-state index is -3.80. The Bertz CT molecular complexity index is 820. The molecule has 0 bridgehead atoms. The van der Waals surface area contributed by atoms with Crippen molar-refractivity contribution in [1.29, 1.82) is 0 Å². The first-order chi connectivity index (χ1) is 10.8. The lowest BCUT2D eigenvalue weighted by atomic mass is 10.2. The fourth-order valence-corrected chi connectivity index (χ4v) is 3.15. The number of rotatable bonds is 5. The Labute approximate surface area is 144 Å². The van der Waals surface area contributed by atoms with Gasteiger partial charge in [-0.2, -0.15) is 0 Å². The maximum Gasteiger partial charge on any atom is 0.339 e. The summed E-state index contributed by atoms with van der Waals surface area (Å²) >= 11 is 11.7. The average molecular weight is 374 g/mol. The van der Waals surface area contributed by atoms with E-state index < -0.39 is 16.0 Å². The van der Waals surface area contributed by atoms with E-state index in [-0.39, 0.29) is 27.8 Å². The molecule has 0 aliphatic heterocycles. The summed E-state index contributed by atoms with van der Waals surface area (Å²) in [6.07, 6.45) is 0. The number of ether oxygens (including phenoxy) is 1. The molecule has 0 saturated heterocycles. The summed E-state index contributed by atoms with van der Waals surface area (Å²) in [5.41, 5.74) is 0.289. The van der Waals surface area contributed by atoms with E-state index in [1.54, 1.807) is 6.92 Å². The van der Waals surface area contributed by atoms with E-state index in [1.807, 2.05) is 0 Å². The van der Waals surface area contributed by atoms with E-state index in [4.69, 9.17) is 27.9 Å². The van der Waals surface area contributed by atoms with Crippen LogP contribution in [0.5, 0.6) is 0 Å². The number of nitrogens with one attached hydrogen (secondary N) is 1. The van der Waals surface area contributed by atoms with E-state index >= 15 is 0 Å². The van der Waals surface area contributed by atoms with Gasteiger partial charge in [-0.25, -0.2) is 13.2 Å². The van der Waals surface area contributed by atoms with Crippen molar-refractivity contribution in [3.63, 3.8) is 0 Å². The van der Waals surface area contributed by atoms with E-state index in [9.17, 15) is 13.2 Å². The Morgan fingerprint density at radius 3 is 2.39 bits per heavy atom. The predicted molar refractivity (Wildman–Crippen MR) is 89.7 cm³/mol. The molecule has 0 aromatic heterocycles. The molecule has 122 valence electrons. The number of carbonyl (C=O) groups is 1. The molecule has 2 rings (SSSR count). The van der Waals surface area contributed by atoms with E-state index in [1.165, 1.54) is 42.5 Å². The van der Waals surface area contributed by atoms with Crippen LogP contribution in [0.25, 0.3) is 0 Å². The number of carbonyl (C=O) groups excluding carboxylic acids is 1. The first kappa shape index (κ1) is 17.6. The molecular formula is C15H13Cl2NO4S. The van der Waals surface area contributed by atoms with Crippen LogP contribution in [0.15, 0.2) is 47.4 Å². The van der Waals surface area contributed by atoms with Crippen LogP contribution in [0.3, 0.4) is 0 Å². The zero-order chi connectivity index (χ0) is 17.0. The van der Waals surface area contributed by atoms with Crippen molar-refractivity contribution in [3.8, 4) is 0 Å². The summed E-state index contributed by atoms with van der Waals surface area (Å²) in [7, 11) is -3.80. The van der Waals surface area contributed by atoms with Gasteiger partial charge in [-0.1, -0.05) is 23.2 Å². The van der Waals surface area contributed by atoms with Crippen molar-refractivity contribution >= 4 is 44.9 Å². The molecule has 2 aromatic carbocycles. The number of benzene rings is 2. The van der Waals surface area contributed by atoms with Crippen molar-refractivity contribution in [2.75, 3.05) is 11.3 Å². The third-order valence-corrected chi connectivity index (χ3v) is 4.82. The Morgan fingerprint density at radius 2 is 1.78 bits per heavy atom. The molecule has 1 N–H and O–H groups in total. The Morgan fingerprint density at radius 1 is 1.13 bits per heavy atom. The van der Waals surface area contributed by atoms with Gasteiger partial charge in [0.1, 0.15) is 0 Å². The summed E-state index contributed by atoms with van der Waals surface area (Å²) in [6, 6.07) is 9.92. The van der Waals surface area contributed by atoms with E-state index in [0.717, 1.165) is 0 Å². The van der Waals surface area contributed by atoms with Crippen LogP contribution in [0, 0.1) is 0 Å². The lowest BCUT2D eigenvalue weighted by Gasteiger charge is -2.10. The zero-order valence-corrected chi connectivity index (χ0v) is 14.4. The highest BCUT2D eigenvalue weighted by molar-refractivity contribution is 7.92. The van der Waals surface area contributed by atoms with Crippen LogP contribution in [-0.4, -0.2) is 21.0 Å². The maximum atomic E-state index is 12.3. The molecule has 0 amide bonds. The molecule has 0 fully saturated rings. The standard InChI is InChI=1S/C15H13Cl2NO4S/c1-2-22-15(19)13-9-11(5-8-14(13)17)18-23(20,21)12-6-3-10(16)4-7-12/h3-9,18H,2H2,1H3. The Kier molecular flexibility index (Phi) is 5.51. The number of esters is 1. The van der Waals surface area contributed by atoms with Crippen molar-refractivity contribution in [3.05, 3.63) is 58.1 Å². The summed E-state index contributed by atoms with van der Waals surface area (Å²) in [5, 5.41) is 0.609. The predicted octanol–water partition coefficient (Wildman–Crippen LogP) is 3.97. The van der Waals surface area contributed by atoms with Gasteiger partial charge < -0.3 is 4.74 Å². The lowest BCUT2D eigenvalue weighted by Crippen LogP contribution is -2.14. The lowest BCUT2D eigenvalue weighted by molar-refractivity contribution is 0.0526. The van der Waals surface area contributed by atoms with Gasteiger partial charge in [0.25, 0.3) is 10.0 Å². The average Bonchev–Trinajstić information content (AvgIpc) is 2.49. The molecule has 8 heteroatoms. The number of hydrogen-bond acceptors (Lipinski definition) is 4. The molecule has 23 heavy (non-hydrogen) atoms. The highest BCUT2D eigenvalue weighted by Crippen LogP contribution is 2.24. The Balaban J connectivity index is 2.31. The van der Waals surface area contributed by atoms with Crippen molar-refractivity contribution in [2.45, 2.75) is 11.8 Å². The molecule has 0 saturated carbocycles. The third kappa shape index (κ3) is 4.37. The monoisotopic (exact) mass is 373 g/mol. The van der Waals surface area contributed by atoms with Crippen LogP contribution in [0.1, 0.15) is 17.3 Å². The molecule has 0 aliphatic carbocycles. The molecular weight excluding hydrogens is 361 g/mol. The number of anilines is 1. The fraction of sp³-hybridized carbons (Fsp3) is 0.133. The number of sulfonamides is 1. The second kappa shape index (κ2) is 7.21. The molecule has 0 aliphatic rings. The largest absolute Gasteiger partial charge is 0.462 e. The third-order valence-electron chi connectivity index (χ3n) is 2.84. The quantitative estimate of drug-likeness (QED) is 0.804. The molecule has 0 radical (unpaired) electrons. The summed E-state index contributed by atoms with van der Waals surface area (Å²) < 4.78 is 31.9. The van der Waals surface area contributed by atoms with Gasteiger partial charge in [0.15, 0.2) is 0 Å². The van der Waals surface area contributed by atoms with Crippen LogP contribution >= 0.6 is 23.2 Å². The smallest absolute Gasteiger partial charge is 0.339 e. The van der Waals surface area contributed by atoms with Gasteiger partial charge in [0.05, 0.1) is 22.1 Å². The molecule has 0 unspecified atom stereocenters. The van der Waals surface area contributed by atoms with Crippen LogP contribution in [0.4, 0.5) is 5.69 Å². The molecule has 5 nitrogen and oxygen atoms in total. The van der Waals surface area contributed by atoms with Crippen LogP contribution in [-0.2, 0) is 14.8 Å². The second-order valence-electron chi connectivity index (χ2n) is 4.47. The highest BCUT2D eigenvalue weighted by Gasteiger charge is 2.17. The highest BCUT2D eigenvalue weighted by atomic mass is 35.5. The normalized spacial score (nSPS) is 11.1. The fourth-order valence-electron chi connectivity index (χ4n) is 1.78. The van der Waals surface area contributed by atoms with Gasteiger partial charge in [0, 0.05) is 10.7 Å². The zero-order valence-electron chi connectivity index (χ0n) is 12.0. The number of halogens is 2. The molecule has 0 atom stereocenters. The SMILES string of the molecule is CCOC(=O)c1cc(NS(=O)(=O)c2ccc(Cl)cc2)ccc1Cl. The second-order valence-corrected chi connectivity index (χ2v) is 7.00. The molecule has 0 heterocycles. The Hall–Kier alpha value is -1.76. The van der Waals surface area contributed by atoms with E-state index in [2.05, 4.69) is 4.72 Å². The van der Waals surface area contributed by atoms with Gasteiger partial charge in [-0.15, -0.1) is 0 Å².